The minimum Gasteiger partial charge on any atom is -0.394 e. The third-order valence-electron chi connectivity index (χ3n) is 2.34. The lowest BCUT2D eigenvalue weighted by Gasteiger charge is -2.10. The number of aromatic nitrogens is 1. The number of hydrogen-bond donors (Lipinski definition) is 2. The molecular weight excluding hydrogens is 240 g/mol. The Labute approximate surface area is 105 Å². The second kappa shape index (κ2) is 6.66. The van der Waals surface area contributed by atoms with Gasteiger partial charge < -0.3 is 14.9 Å². The Morgan fingerprint density at radius 1 is 1.59 bits per heavy atom. The zero-order chi connectivity index (χ0) is 12.8. The molecule has 0 aliphatic rings. The topological polar surface area (TPSA) is 75.4 Å². The lowest BCUT2D eigenvalue weighted by molar-refractivity contribution is -0.119. The van der Waals surface area contributed by atoms with Crippen LogP contribution >= 0.6 is 11.8 Å². The maximum atomic E-state index is 11.4. The molecule has 0 aliphatic heterocycles. The molecule has 0 saturated heterocycles. The van der Waals surface area contributed by atoms with Gasteiger partial charge >= 0.3 is 0 Å². The van der Waals surface area contributed by atoms with Crippen molar-refractivity contribution in [3.05, 3.63) is 17.0 Å². The van der Waals surface area contributed by atoms with E-state index in [1.807, 2.05) is 13.8 Å². The van der Waals surface area contributed by atoms with Crippen LogP contribution < -0.4 is 5.32 Å². The van der Waals surface area contributed by atoms with Crippen molar-refractivity contribution in [2.75, 3.05) is 12.4 Å². The van der Waals surface area contributed by atoms with Gasteiger partial charge in [-0.3, -0.25) is 4.79 Å². The third kappa shape index (κ3) is 4.40. The molecule has 0 aromatic carbocycles. The Bertz CT molecular complexity index is 359. The summed E-state index contributed by atoms with van der Waals surface area (Å²) in [5.41, 5.74) is 1.93. The molecule has 1 unspecified atom stereocenters. The highest BCUT2D eigenvalue weighted by molar-refractivity contribution is 7.99. The van der Waals surface area contributed by atoms with Crippen molar-refractivity contribution in [3.8, 4) is 0 Å². The fourth-order valence-corrected chi connectivity index (χ4v) is 2.30. The molecule has 0 aliphatic carbocycles. The van der Waals surface area contributed by atoms with Gasteiger partial charge in [-0.25, -0.2) is 0 Å². The first-order chi connectivity index (χ1) is 8.04. The Morgan fingerprint density at radius 3 is 2.82 bits per heavy atom. The normalized spacial score (nSPS) is 12.5. The fourth-order valence-electron chi connectivity index (χ4n) is 1.32. The first-order valence-corrected chi connectivity index (χ1v) is 6.59. The van der Waals surface area contributed by atoms with Crippen molar-refractivity contribution in [1.29, 1.82) is 0 Å². The van der Waals surface area contributed by atoms with E-state index in [2.05, 4.69) is 10.5 Å². The van der Waals surface area contributed by atoms with E-state index in [4.69, 9.17) is 9.63 Å². The maximum absolute atomic E-state index is 11.4. The summed E-state index contributed by atoms with van der Waals surface area (Å²) < 4.78 is 5.04. The summed E-state index contributed by atoms with van der Waals surface area (Å²) in [6, 6.07) is -0.192. The van der Waals surface area contributed by atoms with E-state index < -0.39 is 0 Å². The number of aliphatic hydroxyl groups excluding tert-OH is 1. The molecular formula is C11H18N2O3S. The zero-order valence-electron chi connectivity index (χ0n) is 10.3. The molecule has 0 bridgehead atoms. The van der Waals surface area contributed by atoms with Gasteiger partial charge in [0.2, 0.25) is 5.91 Å². The number of aliphatic hydroxyl groups is 1. The molecule has 1 rings (SSSR count). The number of thioether (sulfide) groups is 1. The highest BCUT2D eigenvalue weighted by Crippen LogP contribution is 2.19. The molecule has 0 saturated carbocycles. The summed E-state index contributed by atoms with van der Waals surface area (Å²) in [4.78, 5) is 11.4. The molecule has 17 heavy (non-hydrogen) atoms. The first kappa shape index (κ1) is 14.1. The molecule has 0 radical (unpaired) electrons. The van der Waals surface area contributed by atoms with Gasteiger partial charge in [0.1, 0.15) is 5.76 Å². The van der Waals surface area contributed by atoms with Crippen LogP contribution in [-0.2, 0) is 10.5 Å². The quantitative estimate of drug-likeness (QED) is 0.797. The molecule has 0 spiro atoms. The molecule has 5 nitrogen and oxygen atoms in total. The molecule has 2 N–H and O–H groups in total. The molecule has 6 heteroatoms. The van der Waals surface area contributed by atoms with Crippen molar-refractivity contribution in [3.63, 3.8) is 0 Å². The van der Waals surface area contributed by atoms with Gasteiger partial charge in [0.15, 0.2) is 0 Å². The standard InChI is InChI=1S/C11H18N2O3S/c1-7(4-14)12-11(15)6-17-5-10-8(2)13-16-9(10)3/h7,14H,4-6H2,1-3H3,(H,12,15). The predicted molar refractivity (Wildman–Crippen MR) is 66.8 cm³/mol. The summed E-state index contributed by atoms with van der Waals surface area (Å²) in [6.45, 7) is 5.47. The minimum atomic E-state index is -0.192. The van der Waals surface area contributed by atoms with Crippen LogP contribution in [0.1, 0.15) is 23.9 Å². The van der Waals surface area contributed by atoms with Crippen LogP contribution in [0.3, 0.4) is 0 Å². The highest BCUT2D eigenvalue weighted by atomic mass is 32.2. The summed E-state index contributed by atoms with van der Waals surface area (Å²) in [5, 5.41) is 15.3. The molecule has 0 fully saturated rings. The molecule has 1 aromatic heterocycles. The van der Waals surface area contributed by atoms with Gasteiger partial charge in [0, 0.05) is 17.4 Å². The number of carbonyl (C=O) groups is 1. The summed E-state index contributed by atoms with van der Waals surface area (Å²) in [6.07, 6.45) is 0. The smallest absolute Gasteiger partial charge is 0.230 e. The number of carbonyl (C=O) groups excluding carboxylic acids is 1. The van der Waals surface area contributed by atoms with Crippen molar-refractivity contribution < 1.29 is 14.4 Å². The van der Waals surface area contributed by atoms with Crippen LogP contribution in [-0.4, -0.2) is 34.6 Å². The van der Waals surface area contributed by atoms with Crippen LogP contribution in [0.4, 0.5) is 0 Å². The van der Waals surface area contributed by atoms with E-state index in [-0.39, 0.29) is 18.6 Å². The van der Waals surface area contributed by atoms with Crippen molar-refractivity contribution in [2.24, 2.45) is 0 Å². The van der Waals surface area contributed by atoms with Gasteiger partial charge in [-0.1, -0.05) is 5.16 Å². The van der Waals surface area contributed by atoms with Crippen LogP contribution in [0.25, 0.3) is 0 Å². The average molecular weight is 258 g/mol. The third-order valence-corrected chi connectivity index (χ3v) is 3.30. The van der Waals surface area contributed by atoms with Crippen molar-refractivity contribution in [1.82, 2.24) is 10.5 Å². The Kier molecular flexibility index (Phi) is 5.50. The largest absolute Gasteiger partial charge is 0.394 e. The number of nitrogens with zero attached hydrogens (tertiary/aromatic N) is 1. The van der Waals surface area contributed by atoms with E-state index >= 15 is 0 Å². The Balaban J connectivity index is 2.31. The second-order valence-electron chi connectivity index (χ2n) is 3.95. The SMILES string of the molecule is Cc1noc(C)c1CSCC(=O)NC(C)CO. The number of aryl methyl sites for hydroxylation is 2. The highest BCUT2D eigenvalue weighted by Gasteiger charge is 2.10. The second-order valence-corrected chi connectivity index (χ2v) is 4.93. The van der Waals surface area contributed by atoms with Crippen LogP contribution in [0.2, 0.25) is 0 Å². The van der Waals surface area contributed by atoms with E-state index in [1.165, 1.54) is 11.8 Å². The van der Waals surface area contributed by atoms with Crippen LogP contribution in [0, 0.1) is 13.8 Å². The number of nitrogens with one attached hydrogen (secondary N) is 1. The number of amides is 1. The van der Waals surface area contributed by atoms with E-state index in [1.54, 1.807) is 6.92 Å². The van der Waals surface area contributed by atoms with Crippen molar-refractivity contribution in [2.45, 2.75) is 32.6 Å². The minimum absolute atomic E-state index is 0.0414. The van der Waals surface area contributed by atoms with Gasteiger partial charge in [0.25, 0.3) is 0 Å². The number of rotatable bonds is 6. The zero-order valence-corrected chi connectivity index (χ0v) is 11.1. The number of hydrogen-bond acceptors (Lipinski definition) is 5. The van der Waals surface area contributed by atoms with Crippen LogP contribution in [0.15, 0.2) is 4.52 Å². The monoisotopic (exact) mass is 258 g/mol. The van der Waals surface area contributed by atoms with E-state index in [9.17, 15) is 4.79 Å². The van der Waals surface area contributed by atoms with E-state index in [0.717, 1.165) is 17.0 Å². The Morgan fingerprint density at radius 2 is 2.29 bits per heavy atom. The molecule has 1 amide bonds. The molecule has 96 valence electrons. The summed E-state index contributed by atoms with van der Waals surface area (Å²) in [5.74, 6) is 1.82. The van der Waals surface area contributed by atoms with Gasteiger partial charge in [-0.15, -0.1) is 11.8 Å². The van der Waals surface area contributed by atoms with E-state index in [0.29, 0.717) is 11.5 Å². The summed E-state index contributed by atoms with van der Waals surface area (Å²) >= 11 is 1.51. The summed E-state index contributed by atoms with van der Waals surface area (Å²) in [7, 11) is 0. The molecule has 1 aromatic rings. The van der Waals surface area contributed by atoms with Gasteiger partial charge in [-0.05, 0) is 20.8 Å². The average Bonchev–Trinajstić information content (AvgIpc) is 2.60. The lowest BCUT2D eigenvalue weighted by Crippen LogP contribution is -2.36. The predicted octanol–water partition coefficient (Wildman–Crippen LogP) is 1.02. The lowest BCUT2D eigenvalue weighted by atomic mass is 10.2. The van der Waals surface area contributed by atoms with Gasteiger partial charge in [-0.2, -0.15) is 0 Å². The first-order valence-electron chi connectivity index (χ1n) is 5.44. The molecule has 1 atom stereocenters. The van der Waals surface area contributed by atoms with Crippen molar-refractivity contribution >= 4 is 17.7 Å². The molecule has 1 heterocycles. The maximum Gasteiger partial charge on any atom is 0.230 e. The Hall–Kier alpha value is -1.01. The van der Waals surface area contributed by atoms with Gasteiger partial charge in [0.05, 0.1) is 18.1 Å². The van der Waals surface area contributed by atoms with Crippen LogP contribution in [0.5, 0.6) is 0 Å². The fraction of sp³-hybridized carbons (Fsp3) is 0.636.